The van der Waals surface area contributed by atoms with Crippen molar-refractivity contribution in [3.8, 4) is 0 Å². The van der Waals surface area contributed by atoms with Crippen LogP contribution >= 0.6 is 0 Å². The van der Waals surface area contributed by atoms with Gasteiger partial charge < -0.3 is 0 Å². The summed E-state index contributed by atoms with van der Waals surface area (Å²) >= 11 is 0. The molecule has 0 amide bonds. The van der Waals surface area contributed by atoms with Crippen LogP contribution in [0.4, 0.5) is 0 Å². The van der Waals surface area contributed by atoms with Crippen LogP contribution in [0.1, 0.15) is 71.1 Å². The molecule has 1 aliphatic rings. The van der Waals surface area contributed by atoms with Crippen molar-refractivity contribution in [3.63, 3.8) is 0 Å². The summed E-state index contributed by atoms with van der Waals surface area (Å²) in [7, 11) is 0. The molecule has 0 aromatic carbocycles. The lowest BCUT2D eigenvalue weighted by Crippen LogP contribution is -2.28. The van der Waals surface area contributed by atoms with Crippen molar-refractivity contribution in [1.82, 2.24) is 0 Å². The molecule has 0 aromatic rings. The summed E-state index contributed by atoms with van der Waals surface area (Å²) in [6.07, 6.45) is 21.2. The Hall–Kier alpha value is -0.850. The van der Waals surface area contributed by atoms with Gasteiger partial charge in [0.05, 0.1) is 5.54 Å². The highest BCUT2D eigenvalue weighted by atomic mass is 14.8. The Morgan fingerprint density at radius 1 is 1.11 bits per heavy atom. The van der Waals surface area contributed by atoms with Crippen molar-refractivity contribution in [2.75, 3.05) is 0 Å². The molecule has 102 valence electrons. The van der Waals surface area contributed by atoms with Gasteiger partial charge in [-0.15, -0.1) is 6.58 Å². The van der Waals surface area contributed by atoms with Crippen LogP contribution in [0, 0.1) is 0 Å². The first kappa shape index (κ1) is 15.2. The Kier molecular flexibility index (Phi) is 7.71. The minimum Gasteiger partial charge on any atom is -0.291 e. The average molecular weight is 247 g/mol. The van der Waals surface area contributed by atoms with E-state index in [1.165, 1.54) is 44.9 Å². The first-order chi connectivity index (χ1) is 8.83. The van der Waals surface area contributed by atoms with Crippen LogP contribution in [0.2, 0.25) is 0 Å². The quantitative estimate of drug-likeness (QED) is 0.306. The highest BCUT2D eigenvalue weighted by molar-refractivity contribution is 5.57. The fourth-order valence-corrected chi connectivity index (χ4v) is 2.68. The molecule has 0 unspecified atom stereocenters. The predicted molar refractivity (Wildman–Crippen MR) is 82.4 cm³/mol. The van der Waals surface area contributed by atoms with E-state index >= 15 is 0 Å². The number of unbranched alkanes of at least 4 members (excludes halogenated alkanes) is 2. The maximum Gasteiger partial charge on any atom is 0.0638 e. The molecule has 1 saturated carbocycles. The van der Waals surface area contributed by atoms with Crippen molar-refractivity contribution in [2.24, 2.45) is 4.99 Å². The van der Waals surface area contributed by atoms with E-state index in [-0.39, 0.29) is 5.54 Å². The molecule has 0 aliphatic heterocycles. The Morgan fingerprint density at radius 2 is 1.89 bits per heavy atom. The van der Waals surface area contributed by atoms with Crippen molar-refractivity contribution < 1.29 is 0 Å². The lowest BCUT2D eigenvalue weighted by Gasteiger charge is -2.32. The average Bonchev–Trinajstić information content (AvgIpc) is 2.42. The maximum absolute atomic E-state index is 4.87. The molecule has 1 aliphatic carbocycles. The summed E-state index contributed by atoms with van der Waals surface area (Å²) in [6.45, 7) is 5.93. The topological polar surface area (TPSA) is 12.4 Å². The maximum atomic E-state index is 4.87. The first-order valence-corrected chi connectivity index (χ1v) is 7.62. The van der Waals surface area contributed by atoms with Gasteiger partial charge in [-0.3, -0.25) is 4.99 Å². The van der Waals surface area contributed by atoms with Gasteiger partial charge in [0.1, 0.15) is 0 Å². The molecule has 1 nitrogen and oxygen atoms in total. The minimum atomic E-state index is 0.239. The number of allylic oxidation sites excluding steroid dienone is 2. The van der Waals surface area contributed by atoms with E-state index in [4.69, 9.17) is 4.99 Å². The second-order valence-electron chi connectivity index (χ2n) is 5.40. The number of nitrogens with zero attached hydrogens (tertiary/aromatic N) is 1. The second kappa shape index (κ2) is 9.13. The Morgan fingerprint density at radius 3 is 2.56 bits per heavy atom. The zero-order chi connectivity index (χ0) is 13.1. The summed E-state index contributed by atoms with van der Waals surface area (Å²) in [4.78, 5) is 4.87. The molecule has 1 heteroatoms. The van der Waals surface area contributed by atoms with E-state index < -0.39 is 0 Å². The zero-order valence-corrected chi connectivity index (χ0v) is 12.0. The van der Waals surface area contributed by atoms with Crippen molar-refractivity contribution in [1.29, 1.82) is 0 Å². The predicted octanol–water partition coefficient (Wildman–Crippen LogP) is 5.47. The SMILES string of the molecule is C=CCCC/C=C/CC1(N=CCC)CCCCC1. The third kappa shape index (κ3) is 5.66. The summed E-state index contributed by atoms with van der Waals surface area (Å²) in [5.41, 5.74) is 0.239. The highest BCUT2D eigenvalue weighted by Gasteiger charge is 2.29. The molecule has 0 saturated heterocycles. The largest absolute Gasteiger partial charge is 0.291 e. The van der Waals surface area contributed by atoms with Crippen LogP contribution < -0.4 is 0 Å². The molecule has 0 aromatic heterocycles. The van der Waals surface area contributed by atoms with E-state index in [9.17, 15) is 0 Å². The van der Waals surface area contributed by atoms with Crippen LogP contribution in [-0.2, 0) is 0 Å². The number of hydrogen-bond donors (Lipinski definition) is 0. The molecule has 1 fully saturated rings. The zero-order valence-electron chi connectivity index (χ0n) is 12.0. The summed E-state index contributed by atoms with van der Waals surface area (Å²) in [5.74, 6) is 0. The van der Waals surface area contributed by atoms with Crippen LogP contribution in [0.15, 0.2) is 29.8 Å². The number of rotatable bonds is 8. The molecular weight excluding hydrogens is 218 g/mol. The lowest BCUT2D eigenvalue weighted by molar-refractivity contribution is 0.302. The van der Waals surface area contributed by atoms with E-state index in [1.807, 2.05) is 6.08 Å². The molecule has 0 spiro atoms. The third-order valence-corrected chi connectivity index (χ3v) is 3.78. The fraction of sp³-hybridized carbons (Fsp3) is 0.706. The molecule has 0 radical (unpaired) electrons. The van der Waals surface area contributed by atoms with Crippen molar-refractivity contribution >= 4 is 6.21 Å². The number of hydrogen-bond acceptors (Lipinski definition) is 1. The highest BCUT2D eigenvalue weighted by Crippen LogP contribution is 2.34. The third-order valence-electron chi connectivity index (χ3n) is 3.78. The number of aliphatic imine (C=N–C) groups is 1. The van der Waals surface area contributed by atoms with Gasteiger partial charge in [-0.1, -0.05) is 44.4 Å². The summed E-state index contributed by atoms with van der Waals surface area (Å²) < 4.78 is 0. The van der Waals surface area contributed by atoms with Gasteiger partial charge in [0.15, 0.2) is 0 Å². The van der Waals surface area contributed by atoms with Gasteiger partial charge in [0.2, 0.25) is 0 Å². The molecular formula is C17H29N. The van der Waals surface area contributed by atoms with Gasteiger partial charge in [0.25, 0.3) is 0 Å². The van der Waals surface area contributed by atoms with Gasteiger partial charge in [-0.2, -0.15) is 0 Å². The Balaban J connectivity index is 2.40. The fourth-order valence-electron chi connectivity index (χ4n) is 2.68. The van der Waals surface area contributed by atoms with Crippen molar-refractivity contribution in [2.45, 2.75) is 76.7 Å². The standard InChI is InChI=1S/C17H29N/c1-3-5-6-7-8-10-13-17(18-16-4-2)14-11-9-12-15-17/h3,8,10,16H,1,4-7,9,11-15H2,2H3/b10-8+,18-16?. The van der Waals surface area contributed by atoms with Gasteiger partial charge in [0, 0.05) is 0 Å². The van der Waals surface area contributed by atoms with Gasteiger partial charge >= 0.3 is 0 Å². The van der Waals surface area contributed by atoms with Crippen LogP contribution in [0.5, 0.6) is 0 Å². The molecule has 0 heterocycles. The van der Waals surface area contributed by atoms with E-state index in [1.54, 1.807) is 0 Å². The van der Waals surface area contributed by atoms with E-state index in [2.05, 4.69) is 31.9 Å². The van der Waals surface area contributed by atoms with Crippen LogP contribution in [0.3, 0.4) is 0 Å². The van der Waals surface area contributed by atoms with Gasteiger partial charge in [-0.25, -0.2) is 0 Å². The van der Waals surface area contributed by atoms with E-state index in [0.29, 0.717) is 0 Å². The molecule has 0 atom stereocenters. The first-order valence-electron chi connectivity index (χ1n) is 7.62. The second-order valence-corrected chi connectivity index (χ2v) is 5.40. The van der Waals surface area contributed by atoms with Gasteiger partial charge in [-0.05, 0) is 51.2 Å². The summed E-state index contributed by atoms with van der Waals surface area (Å²) in [5, 5.41) is 0. The van der Waals surface area contributed by atoms with E-state index in [0.717, 1.165) is 19.3 Å². The molecule has 1 rings (SSSR count). The monoisotopic (exact) mass is 247 g/mol. The van der Waals surface area contributed by atoms with Crippen LogP contribution in [0.25, 0.3) is 0 Å². The molecule has 0 N–H and O–H groups in total. The normalized spacial score (nSPS) is 19.6. The Bertz CT molecular complexity index is 269. The molecule has 18 heavy (non-hydrogen) atoms. The summed E-state index contributed by atoms with van der Waals surface area (Å²) in [6, 6.07) is 0. The Labute approximate surface area is 113 Å². The van der Waals surface area contributed by atoms with Crippen molar-refractivity contribution in [3.05, 3.63) is 24.8 Å². The molecule has 0 bridgehead atoms. The lowest BCUT2D eigenvalue weighted by atomic mass is 9.79. The minimum absolute atomic E-state index is 0.239. The smallest absolute Gasteiger partial charge is 0.0638 e. The van der Waals surface area contributed by atoms with Crippen LogP contribution in [-0.4, -0.2) is 11.8 Å².